The fourth-order valence-corrected chi connectivity index (χ4v) is 4.91. The number of rotatable bonds is 3. The minimum Gasteiger partial charge on any atom is -0.147 e. The second kappa shape index (κ2) is 8.45. The van der Waals surface area contributed by atoms with Crippen molar-refractivity contribution in [2.75, 3.05) is 0 Å². The van der Waals surface area contributed by atoms with Gasteiger partial charge in [0.15, 0.2) is 0 Å². The van der Waals surface area contributed by atoms with Crippen molar-refractivity contribution in [2.45, 2.75) is 60.8 Å². The van der Waals surface area contributed by atoms with E-state index in [9.17, 15) is 0 Å². The molecule has 0 aromatic heterocycles. The molecule has 0 unspecified atom stereocenters. The smallest absolute Gasteiger partial charge is 0.147 e. The quantitative estimate of drug-likeness (QED) is 0.500. The molecule has 24 heavy (non-hydrogen) atoms. The molecule has 0 bridgehead atoms. The van der Waals surface area contributed by atoms with Gasteiger partial charge in [0.2, 0.25) is 0 Å². The molecular formula is C20H30Cl2OTi. The maximum atomic E-state index is 6.39. The van der Waals surface area contributed by atoms with Crippen LogP contribution >= 0.6 is 24.8 Å². The van der Waals surface area contributed by atoms with Crippen LogP contribution in [0.3, 0.4) is 0 Å². The van der Waals surface area contributed by atoms with Gasteiger partial charge in [-0.15, -0.1) is 24.8 Å². The van der Waals surface area contributed by atoms with E-state index >= 15 is 0 Å². The summed E-state index contributed by atoms with van der Waals surface area (Å²) in [6.07, 6.45) is 0. The van der Waals surface area contributed by atoms with Crippen LogP contribution in [0.2, 0.25) is 0 Å². The summed E-state index contributed by atoms with van der Waals surface area (Å²) in [5.74, 6) is 1.06. The van der Waals surface area contributed by atoms with Crippen LogP contribution in [0, 0.1) is 5.41 Å². The molecule has 0 saturated carbocycles. The van der Waals surface area contributed by atoms with E-state index in [1.54, 1.807) is 0 Å². The number of allylic oxidation sites excluding steroid dienone is 4. The Morgan fingerprint density at radius 3 is 1.92 bits per heavy atom. The summed E-state index contributed by atoms with van der Waals surface area (Å²) in [4.78, 5) is 0. The molecule has 1 aliphatic rings. The number of hydrogen-bond acceptors (Lipinski definition) is 1. The predicted molar refractivity (Wildman–Crippen MR) is 105 cm³/mol. The molecule has 0 amide bonds. The van der Waals surface area contributed by atoms with E-state index in [0.29, 0.717) is 0 Å². The van der Waals surface area contributed by atoms with Crippen LogP contribution in [0.15, 0.2) is 44.9 Å². The molecule has 134 valence electrons. The summed E-state index contributed by atoms with van der Waals surface area (Å²) in [7, 11) is 0. The SMILES string of the molecule is CC1=C(C)C(C)(C)[C]([Ti][O]c2ccccc2C(C)(C)C)=C1C.Cl.Cl. The van der Waals surface area contributed by atoms with Gasteiger partial charge in [-0.1, -0.05) is 0 Å². The van der Waals surface area contributed by atoms with Gasteiger partial charge in [-0.3, -0.25) is 0 Å². The normalized spacial score (nSPS) is 16.5. The molecule has 1 aromatic rings. The molecule has 1 aliphatic carbocycles. The van der Waals surface area contributed by atoms with Gasteiger partial charge in [0, 0.05) is 0 Å². The Bertz CT molecular complexity index is 652. The van der Waals surface area contributed by atoms with Gasteiger partial charge < -0.3 is 0 Å². The van der Waals surface area contributed by atoms with E-state index in [1.807, 2.05) is 0 Å². The predicted octanol–water partition coefficient (Wildman–Crippen LogP) is 6.85. The Morgan fingerprint density at radius 2 is 1.46 bits per heavy atom. The first-order chi connectivity index (χ1) is 10.1. The molecule has 2 rings (SSSR count). The second-order valence-electron chi connectivity index (χ2n) is 7.83. The van der Waals surface area contributed by atoms with Crippen molar-refractivity contribution < 1.29 is 22.9 Å². The Kier molecular flexibility index (Phi) is 8.38. The largest absolute Gasteiger partial charge is 0.147 e. The van der Waals surface area contributed by atoms with Crippen LogP contribution in [-0.2, 0) is 25.0 Å². The summed E-state index contributed by atoms with van der Waals surface area (Å²) in [6.45, 7) is 18.2. The molecular weight excluding hydrogens is 375 g/mol. The van der Waals surface area contributed by atoms with Crippen molar-refractivity contribution in [3.63, 3.8) is 0 Å². The molecule has 4 heteroatoms. The topological polar surface area (TPSA) is 9.23 Å². The Balaban J connectivity index is 0.00000264. The molecule has 1 nitrogen and oxygen atoms in total. The van der Waals surface area contributed by atoms with E-state index in [4.69, 9.17) is 3.32 Å². The monoisotopic (exact) mass is 404 g/mol. The molecule has 0 aliphatic heterocycles. The van der Waals surface area contributed by atoms with Crippen LogP contribution in [-0.4, -0.2) is 0 Å². The average Bonchev–Trinajstić information content (AvgIpc) is 2.57. The van der Waals surface area contributed by atoms with E-state index in [-0.39, 0.29) is 35.6 Å². The van der Waals surface area contributed by atoms with E-state index in [1.165, 1.54) is 26.2 Å². The Hall–Kier alpha value is -0.206. The fraction of sp³-hybridized carbons (Fsp3) is 0.500. The van der Waals surface area contributed by atoms with Crippen LogP contribution in [0.25, 0.3) is 0 Å². The molecule has 0 atom stereocenters. The maximum Gasteiger partial charge on any atom is -0.147 e. The summed E-state index contributed by atoms with van der Waals surface area (Å²) < 4.78 is 7.92. The van der Waals surface area contributed by atoms with E-state index < -0.39 is 19.5 Å². The minimum absolute atomic E-state index is 0. The van der Waals surface area contributed by atoms with Crippen LogP contribution in [0.1, 0.15) is 61.0 Å². The van der Waals surface area contributed by atoms with Crippen molar-refractivity contribution in [3.05, 3.63) is 50.4 Å². The van der Waals surface area contributed by atoms with E-state index in [2.05, 4.69) is 79.7 Å². The zero-order valence-corrected chi connectivity index (χ0v) is 19.2. The second-order valence-corrected chi connectivity index (χ2v) is 9.24. The molecule has 0 spiro atoms. The molecule has 0 fully saturated rings. The number of para-hydroxylation sites is 1. The van der Waals surface area contributed by atoms with Gasteiger partial charge in [-0.05, 0) is 0 Å². The Morgan fingerprint density at radius 1 is 0.917 bits per heavy atom. The summed E-state index contributed by atoms with van der Waals surface area (Å²) >= 11 is -0.624. The molecule has 0 heterocycles. The minimum atomic E-state index is -0.624. The standard InChI is InChI=1S/C10H14O.C10H15.2ClH.Ti/c1-10(2,3)8-6-4-5-7-9(8)11;1-7-6-10(4,5)9(3)8(7)2;;;/h4-7,11H,1-3H3;1-5H3;2*1H;/q;;;;+1/p-1. The summed E-state index contributed by atoms with van der Waals surface area (Å²) in [5.41, 5.74) is 5.98. The van der Waals surface area contributed by atoms with Crippen molar-refractivity contribution in [1.82, 2.24) is 0 Å². The number of halogens is 2. The number of hydrogen-bond donors (Lipinski definition) is 0. The van der Waals surface area contributed by atoms with Crippen LogP contribution < -0.4 is 3.32 Å². The van der Waals surface area contributed by atoms with Gasteiger partial charge in [0.1, 0.15) is 0 Å². The maximum absolute atomic E-state index is 6.39. The molecule has 0 saturated heterocycles. The Labute approximate surface area is 169 Å². The fourth-order valence-electron chi connectivity index (χ4n) is 3.08. The van der Waals surface area contributed by atoms with Crippen LogP contribution in [0.5, 0.6) is 5.75 Å². The summed E-state index contributed by atoms with van der Waals surface area (Å²) in [6, 6.07) is 8.49. The van der Waals surface area contributed by atoms with Crippen LogP contribution in [0.4, 0.5) is 0 Å². The number of benzene rings is 1. The first-order valence-corrected chi connectivity index (χ1v) is 9.40. The van der Waals surface area contributed by atoms with Crippen molar-refractivity contribution >= 4 is 24.8 Å². The molecule has 1 aromatic carbocycles. The van der Waals surface area contributed by atoms with Gasteiger partial charge >= 0.3 is 145 Å². The third-order valence-electron chi connectivity index (χ3n) is 5.02. The van der Waals surface area contributed by atoms with Crippen molar-refractivity contribution in [2.24, 2.45) is 5.41 Å². The van der Waals surface area contributed by atoms with Crippen molar-refractivity contribution in [3.8, 4) is 5.75 Å². The summed E-state index contributed by atoms with van der Waals surface area (Å²) in [5, 5.41) is 0. The van der Waals surface area contributed by atoms with Gasteiger partial charge in [-0.2, -0.15) is 0 Å². The van der Waals surface area contributed by atoms with Gasteiger partial charge in [-0.25, -0.2) is 0 Å². The average molecular weight is 405 g/mol. The third kappa shape index (κ3) is 4.49. The van der Waals surface area contributed by atoms with Crippen molar-refractivity contribution in [1.29, 1.82) is 0 Å². The van der Waals surface area contributed by atoms with Gasteiger partial charge in [0.25, 0.3) is 0 Å². The third-order valence-corrected chi connectivity index (χ3v) is 7.40. The molecule has 0 N–H and O–H groups in total. The zero-order chi connectivity index (χ0) is 16.7. The van der Waals surface area contributed by atoms with E-state index in [0.717, 1.165) is 5.75 Å². The zero-order valence-electron chi connectivity index (χ0n) is 16.0. The molecule has 0 radical (unpaired) electrons. The first kappa shape index (κ1) is 23.8. The van der Waals surface area contributed by atoms with Gasteiger partial charge in [0.05, 0.1) is 0 Å². The first-order valence-electron chi connectivity index (χ1n) is 7.99.